The number of halogens is 3. The van der Waals surface area contributed by atoms with Crippen LogP contribution in [0.4, 0.5) is 18.9 Å². The van der Waals surface area contributed by atoms with Gasteiger partial charge in [0.05, 0.1) is 18.4 Å². The fraction of sp³-hybridized carbons (Fsp3) is 0.200. The van der Waals surface area contributed by atoms with Crippen LogP contribution in [0.3, 0.4) is 0 Å². The van der Waals surface area contributed by atoms with E-state index in [1.54, 1.807) is 25.1 Å². The first kappa shape index (κ1) is 20.2. The SMILES string of the molecule is COc1ccc2oc(C(=O)OCC(=O)Nc3ccccc3C(F)(F)F)c(C)c2c1. The number of carbonyl (C=O) groups excluding carboxylic acids is 2. The Morgan fingerprint density at radius 3 is 2.55 bits per heavy atom. The zero-order chi connectivity index (χ0) is 21.2. The Morgan fingerprint density at radius 1 is 1.14 bits per heavy atom. The summed E-state index contributed by atoms with van der Waals surface area (Å²) in [5, 5.41) is 2.74. The molecule has 1 heterocycles. The van der Waals surface area contributed by atoms with E-state index < -0.39 is 35.9 Å². The quantitative estimate of drug-likeness (QED) is 0.627. The van der Waals surface area contributed by atoms with Gasteiger partial charge in [-0.05, 0) is 37.3 Å². The van der Waals surface area contributed by atoms with E-state index in [4.69, 9.17) is 13.9 Å². The van der Waals surface area contributed by atoms with E-state index in [2.05, 4.69) is 5.32 Å². The molecule has 3 rings (SSSR count). The number of aryl methyl sites for hydroxylation is 1. The molecule has 9 heteroatoms. The zero-order valence-corrected chi connectivity index (χ0v) is 15.4. The van der Waals surface area contributed by atoms with Crippen LogP contribution in [0.2, 0.25) is 0 Å². The van der Waals surface area contributed by atoms with Gasteiger partial charge in [-0.15, -0.1) is 0 Å². The highest BCUT2D eigenvalue weighted by atomic mass is 19.4. The highest BCUT2D eigenvalue weighted by molar-refractivity contribution is 5.98. The highest BCUT2D eigenvalue weighted by Gasteiger charge is 2.33. The number of ether oxygens (including phenoxy) is 2. The molecule has 0 radical (unpaired) electrons. The molecule has 0 saturated heterocycles. The Bertz CT molecular complexity index is 1070. The topological polar surface area (TPSA) is 77.8 Å². The van der Waals surface area contributed by atoms with Crippen molar-refractivity contribution in [3.05, 3.63) is 59.4 Å². The van der Waals surface area contributed by atoms with Crippen LogP contribution in [0.1, 0.15) is 21.7 Å². The van der Waals surface area contributed by atoms with Gasteiger partial charge in [0, 0.05) is 10.9 Å². The number of hydrogen-bond acceptors (Lipinski definition) is 5. The molecule has 1 N–H and O–H groups in total. The van der Waals surface area contributed by atoms with Crippen molar-refractivity contribution in [1.82, 2.24) is 0 Å². The molecule has 152 valence electrons. The largest absolute Gasteiger partial charge is 0.497 e. The number of para-hydroxylation sites is 1. The van der Waals surface area contributed by atoms with E-state index in [1.165, 1.54) is 19.2 Å². The second-order valence-corrected chi connectivity index (χ2v) is 6.09. The lowest BCUT2D eigenvalue weighted by molar-refractivity contribution is -0.137. The van der Waals surface area contributed by atoms with Crippen LogP contribution in [0.5, 0.6) is 5.75 Å². The third-order valence-corrected chi connectivity index (χ3v) is 4.17. The van der Waals surface area contributed by atoms with Crippen molar-refractivity contribution in [2.75, 3.05) is 19.0 Å². The molecule has 1 aromatic heterocycles. The lowest BCUT2D eigenvalue weighted by Crippen LogP contribution is -2.22. The number of benzene rings is 2. The molecule has 0 unspecified atom stereocenters. The monoisotopic (exact) mass is 407 g/mol. The maximum atomic E-state index is 13.0. The van der Waals surface area contributed by atoms with E-state index in [0.29, 0.717) is 22.3 Å². The number of methoxy groups -OCH3 is 1. The van der Waals surface area contributed by atoms with E-state index in [9.17, 15) is 22.8 Å². The Morgan fingerprint density at radius 2 is 1.86 bits per heavy atom. The summed E-state index contributed by atoms with van der Waals surface area (Å²) in [7, 11) is 1.50. The fourth-order valence-corrected chi connectivity index (χ4v) is 2.74. The van der Waals surface area contributed by atoms with Gasteiger partial charge in [-0.3, -0.25) is 4.79 Å². The molecule has 0 bridgehead atoms. The lowest BCUT2D eigenvalue weighted by atomic mass is 10.1. The van der Waals surface area contributed by atoms with Gasteiger partial charge in [0.1, 0.15) is 11.3 Å². The van der Waals surface area contributed by atoms with Crippen LogP contribution in [-0.4, -0.2) is 25.6 Å². The van der Waals surface area contributed by atoms with Gasteiger partial charge in [-0.2, -0.15) is 13.2 Å². The number of rotatable bonds is 5. The van der Waals surface area contributed by atoms with E-state index in [-0.39, 0.29) is 5.76 Å². The molecule has 6 nitrogen and oxygen atoms in total. The van der Waals surface area contributed by atoms with Crippen LogP contribution in [0.15, 0.2) is 46.9 Å². The fourth-order valence-electron chi connectivity index (χ4n) is 2.74. The van der Waals surface area contributed by atoms with Gasteiger partial charge in [0.25, 0.3) is 5.91 Å². The minimum absolute atomic E-state index is 0.100. The second-order valence-electron chi connectivity index (χ2n) is 6.09. The standard InChI is InChI=1S/C20H16F3NO5/c1-11-13-9-12(27-2)7-8-16(13)29-18(11)19(26)28-10-17(25)24-15-6-4-3-5-14(15)20(21,22)23/h3-9H,10H2,1-2H3,(H,24,25). The number of nitrogens with one attached hydrogen (secondary N) is 1. The molecule has 0 aliphatic rings. The first-order valence-electron chi connectivity index (χ1n) is 8.41. The van der Waals surface area contributed by atoms with Crippen molar-refractivity contribution in [3.8, 4) is 5.75 Å². The van der Waals surface area contributed by atoms with E-state index >= 15 is 0 Å². The summed E-state index contributed by atoms with van der Waals surface area (Å²) in [4.78, 5) is 24.2. The van der Waals surface area contributed by atoms with Crippen molar-refractivity contribution in [1.29, 1.82) is 0 Å². The molecule has 29 heavy (non-hydrogen) atoms. The van der Waals surface area contributed by atoms with Crippen molar-refractivity contribution in [2.24, 2.45) is 0 Å². The van der Waals surface area contributed by atoms with Crippen LogP contribution in [0, 0.1) is 6.92 Å². The summed E-state index contributed by atoms with van der Waals surface area (Å²) in [6.07, 6.45) is -4.63. The molecule has 0 spiro atoms. The smallest absolute Gasteiger partial charge is 0.418 e. The molecule has 0 aliphatic carbocycles. The van der Waals surface area contributed by atoms with Gasteiger partial charge in [-0.1, -0.05) is 12.1 Å². The number of amides is 1. The number of anilines is 1. The van der Waals surface area contributed by atoms with Crippen molar-refractivity contribution in [3.63, 3.8) is 0 Å². The van der Waals surface area contributed by atoms with Crippen molar-refractivity contribution < 1.29 is 36.7 Å². The summed E-state index contributed by atoms with van der Waals surface area (Å²) in [5.74, 6) is -1.34. The maximum absolute atomic E-state index is 13.0. The van der Waals surface area contributed by atoms with Gasteiger partial charge in [0.2, 0.25) is 5.76 Å². The second kappa shape index (κ2) is 7.86. The van der Waals surface area contributed by atoms with Gasteiger partial charge >= 0.3 is 12.1 Å². The third kappa shape index (κ3) is 4.34. The summed E-state index contributed by atoms with van der Waals surface area (Å²) < 4.78 is 54.4. The zero-order valence-electron chi connectivity index (χ0n) is 15.4. The first-order valence-corrected chi connectivity index (χ1v) is 8.41. The van der Waals surface area contributed by atoms with Crippen molar-refractivity contribution >= 4 is 28.5 Å². The average molecular weight is 407 g/mol. The maximum Gasteiger partial charge on any atom is 0.418 e. The Labute approximate surface area is 163 Å². The molecule has 0 saturated carbocycles. The Kier molecular flexibility index (Phi) is 5.49. The van der Waals surface area contributed by atoms with Gasteiger partial charge in [0.15, 0.2) is 6.61 Å². The molecular formula is C20H16F3NO5. The number of carbonyl (C=O) groups is 2. The van der Waals surface area contributed by atoms with E-state index in [0.717, 1.165) is 12.1 Å². The summed E-state index contributed by atoms with van der Waals surface area (Å²) in [5.41, 5.74) is -0.500. The number of esters is 1. The number of furan rings is 1. The molecule has 1 amide bonds. The lowest BCUT2D eigenvalue weighted by Gasteiger charge is -2.13. The molecular weight excluding hydrogens is 391 g/mol. The van der Waals surface area contributed by atoms with Crippen molar-refractivity contribution in [2.45, 2.75) is 13.1 Å². The average Bonchev–Trinajstić information content (AvgIpc) is 3.01. The number of hydrogen-bond donors (Lipinski definition) is 1. The minimum atomic E-state index is -4.63. The molecule has 0 fully saturated rings. The summed E-state index contributed by atoms with van der Waals surface area (Å²) in [6.45, 7) is 0.867. The minimum Gasteiger partial charge on any atom is -0.497 e. The Balaban J connectivity index is 1.69. The molecule has 2 aromatic carbocycles. The number of alkyl halides is 3. The molecule has 0 aliphatic heterocycles. The van der Waals surface area contributed by atoms with Crippen LogP contribution >= 0.6 is 0 Å². The normalized spacial score (nSPS) is 11.3. The summed E-state index contributed by atoms with van der Waals surface area (Å²) in [6, 6.07) is 9.48. The van der Waals surface area contributed by atoms with Crippen LogP contribution in [-0.2, 0) is 15.7 Å². The first-order chi connectivity index (χ1) is 13.7. The summed E-state index contributed by atoms with van der Waals surface area (Å²) >= 11 is 0. The molecule has 3 aromatic rings. The Hall–Kier alpha value is -3.49. The predicted molar refractivity (Wildman–Crippen MR) is 97.9 cm³/mol. The van der Waals surface area contributed by atoms with Crippen LogP contribution < -0.4 is 10.1 Å². The highest BCUT2D eigenvalue weighted by Crippen LogP contribution is 2.34. The van der Waals surface area contributed by atoms with Gasteiger partial charge < -0.3 is 19.2 Å². The molecule has 0 atom stereocenters. The third-order valence-electron chi connectivity index (χ3n) is 4.17. The predicted octanol–water partition coefficient (Wildman–Crippen LogP) is 4.56. The van der Waals surface area contributed by atoms with Gasteiger partial charge in [-0.25, -0.2) is 4.79 Å². The number of fused-ring (bicyclic) bond motifs is 1. The van der Waals surface area contributed by atoms with E-state index in [1.807, 2.05) is 0 Å². The van der Waals surface area contributed by atoms with Crippen LogP contribution in [0.25, 0.3) is 11.0 Å².